The first-order valence-electron chi connectivity index (χ1n) is 5.88. The third-order valence-electron chi connectivity index (χ3n) is 3.34. The molecule has 1 atom stereocenters. The van der Waals surface area contributed by atoms with Crippen LogP contribution in [0.5, 0.6) is 0 Å². The summed E-state index contributed by atoms with van der Waals surface area (Å²) < 4.78 is 5.40. The minimum atomic E-state index is -0.0139. The number of benzene rings is 1. The third kappa shape index (κ3) is 1.85. The van der Waals surface area contributed by atoms with Crippen molar-refractivity contribution < 1.29 is 4.52 Å². The molecule has 1 N–H and O–H groups in total. The highest BCUT2D eigenvalue weighted by Gasteiger charge is 2.36. The van der Waals surface area contributed by atoms with Crippen LogP contribution in [0.4, 0.5) is 0 Å². The van der Waals surface area contributed by atoms with Gasteiger partial charge in [-0.25, -0.2) is 0 Å². The average molecular weight is 229 g/mol. The fourth-order valence-corrected chi connectivity index (χ4v) is 2.17. The first-order valence-corrected chi connectivity index (χ1v) is 5.88. The third-order valence-corrected chi connectivity index (χ3v) is 3.34. The Balaban J connectivity index is 1.93. The van der Waals surface area contributed by atoms with Gasteiger partial charge < -0.3 is 9.84 Å². The summed E-state index contributed by atoms with van der Waals surface area (Å²) in [5.41, 5.74) is 0.983. The molecular formula is C13H15N3O. The summed E-state index contributed by atoms with van der Waals surface area (Å²) in [4.78, 5) is 4.52. The molecule has 1 saturated heterocycles. The molecule has 2 aromatic rings. The molecule has 4 heteroatoms. The fourth-order valence-electron chi connectivity index (χ4n) is 2.17. The lowest BCUT2D eigenvalue weighted by molar-refractivity contribution is 0.306. The normalized spacial score (nSPS) is 24.1. The summed E-state index contributed by atoms with van der Waals surface area (Å²) in [6, 6.07) is 9.91. The van der Waals surface area contributed by atoms with Crippen molar-refractivity contribution in [3.05, 3.63) is 36.2 Å². The molecule has 1 aromatic carbocycles. The van der Waals surface area contributed by atoms with Crippen molar-refractivity contribution in [3.63, 3.8) is 0 Å². The zero-order valence-electron chi connectivity index (χ0n) is 9.81. The quantitative estimate of drug-likeness (QED) is 0.855. The molecule has 17 heavy (non-hydrogen) atoms. The van der Waals surface area contributed by atoms with E-state index in [0.29, 0.717) is 5.82 Å². The Morgan fingerprint density at radius 1 is 1.29 bits per heavy atom. The maximum atomic E-state index is 5.40. The van der Waals surface area contributed by atoms with E-state index in [2.05, 4.69) is 22.4 Å². The van der Waals surface area contributed by atoms with E-state index in [4.69, 9.17) is 4.52 Å². The van der Waals surface area contributed by atoms with Crippen molar-refractivity contribution in [1.29, 1.82) is 0 Å². The van der Waals surface area contributed by atoms with Crippen molar-refractivity contribution in [1.82, 2.24) is 15.5 Å². The molecule has 1 fully saturated rings. The maximum absolute atomic E-state index is 5.40. The van der Waals surface area contributed by atoms with Crippen LogP contribution in [0.1, 0.15) is 19.2 Å². The Kier molecular flexibility index (Phi) is 2.44. The van der Waals surface area contributed by atoms with Crippen LogP contribution < -0.4 is 5.32 Å². The molecule has 0 amide bonds. The molecule has 0 radical (unpaired) electrons. The minimum absolute atomic E-state index is 0.0139. The van der Waals surface area contributed by atoms with Gasteiger partial charge in [-0.2, -0.15) is 4.98 Å². The maximum Gasteiger partial charge on any atom is 0.234 e. The second-order valence-corrected chi connectivity index (χ2v) is 4.78. The van der Waals surface area contributed by atoms with E-state index in [1.54, 1.807) is 0 Å². The van der Waals surface area contributed by atoms with Gasteiger partial charge in [0.25, 0.3) is 0 Å². The van der Waals surface area contributed by atoms with Gasteiger partial charge in [0.1, 0.15) is 0 Å². The number of nitrogens with one attached hydrogen (secondary N) is 1. The predicted octanol–water partition coefficient (Wildman–Crippen LogP) is 1.99. The van der Waals surface area contributed by atoms with E-state index in [0.717, 1.165) is 31.0 Å². The number of nitrogens with zero attached hydrogens (tertiary/aromatic N) is 2. The van der Waals surface area contributed by atoms with Gasteiger partial charge in [0.15, 0.2) is 0 Å². The van der Waals surface area contributed by atoms with Crippen LogP contribution >= 0.6 is 0 Å². The van der Waals surface area contributed by atoms with E-state index in [1.165, 1.54) is 0 Å². The van der Waals surface area contributed by atoms with E-state index < -0.39 is 0 Å². The SMILES string of the molecule is CC1(c2nc(-c3ccccc3)no2)CCNC1. The van der Waals surface area contributed by atoms with Gasteiger partial charge in [0, 0.05) is 12.1 Å². The Morgan fingerprint density at radius 3 is 2.82 bits per heavy atom. The molecule has 1 unspecified atom stereocenters. The molecular weight excluding hydrogens is 214 g/mol. The number of rotatable bonds is 2. The second kappa shape index (κ2) is 3.96. The summed E-state index contributed by atoms with van der Waals surface area (Å²) >= 11 is 0. The van der Waals surface area contributed by atoms with Crippen LogP contribution in [0.3, 0.4) is 0 Å². The van der Waals surface area contributed by atoms with Crippen LogP contribution in [0.2, 0.25) is 0 Å². The van der Waals surface area contributed by atoms with Gasteiger partial charge in [-0.05, 0) is 19.9 Å². The first-order chi connectivity index (χ1) is 8.28. The van der Waals surface area contributed by atoms with E-state index >= 15 is 0 Å². The smallest absolute Gasteiger partial charge is 0.234 e. The van der Waals surface area contributed by atoms with E-state index in [9.17, 15) is 0 Å². The highest BCUT2D eigenvalue weighted by molar-refractivity contribution is 5.53. The molecule has 88 valence electrons. The zero-order valence-corrected chi connectivity index (χ0v) is 9.81. The van der Waals surface area contributed by atoms with Crippen molar-refractivity contribution in [2.24, 2.45) is 0 Å². The molecule has 1 aliphatic rings. The summed E-state index contributed by atoms with van der Waals surface area (Å²) in [5.74, 6) is 1.41. The largest absolute Gasteiger partial charge is 0.338 e. The Morgan fingerprint density at radius 2 is 2.12 bits per heavy atom. The minimum Gasteiger partial charge on any atom is -0.338 e. The lowest BCUT2D eigenvalue weighted by Crippen LogP contribution is -2.25. The fraction of sp³-hybridized carbons (Fsp3) is 0.385. The van der Waals surface area contributed by atoms with Crippen molar-refractivity contribution >= 4 is 0 Å². The Labute approximate surface area is 100 Å². The van der Waals surface area contributed by atoms with E-state index in [-0.39, 0.29) is 5.41 Å². The Bertz CT molecular complexity index is 500. The molecule has 3 rings (SSSR count). The molecule has 2 heterocycles. The standard InChI is InChI=1S/C13H15N3O/c1-13(7-8-14-9-13)12-15-11(16-17-12)10-5-3-2-4-6-10/h2-6,14H,7-9H2,1H3. The molecule has 0 bridgehead atoms. The number of hydrogen-bond donors (Lipinski definition) is 1. The van der Waals surface area contributed by atoms with E-state index in [1.807, 2.05) is 30.3 Å². The first kappa shape index (κ1) is 10.5. The lowest BCUT2D eigenvalue weighted by atomic mass is 9.90. The van der Waals surface area contributed by atoms with Crippen LogP contribution in [-0.4, -0.2) is 23.2 Å². The summed E-state index contributed by atoms with van der Waals surface area (Å²) in [6.07, 6.45) is 1.05. The summed E-state index contributed by atoms with van der Waals surface area (Å²) in [7, 11) is 0. The monoisotopic (exact) mass is 229 g/mol. The van der Waals surface area contributed by atoms with Gasteiger partial charge in [-0.3, -0.25) is 0 Å². The van der Waals surface area contributed by atoms with Gasteiger partial charge >= 0.3 is 0 Å². The highest BCUT2D eigenvalue weighted by Crippen LogP contribution is 2.30. The Hall–Kier alpha value is -1.68. The molecule has 4 nitrogen and oxygen atoms in total. The summed E-state index contributed by atoms with van der Waals surface area (Å²) in [5, 5.41) is 7.39. The molecule has 1 aromatic heterocycles. The molecule has 1 aliphatic heterocycles. The van der Waals surface area contributed by atoms with Crippen LogP contribution in [0.25, 0.3) is 11.4 Å². The zero-order chi connectivity index (χ0) is 11.7. The molecule has 0 aliphatic carbocycles. The van der Waals surface area contributed by atoms with Gasteiger partial charge in [0.05, 0.1) is 5.41 Å². The number of aromatic nitrogens is 2. The highest BCUT2D eigenvalue weighted by atomic mass is 16.5. The van der Waals surface area contributed by atoms with Crippen molar-refractivity contribution in [2.45, 2.75) is 18.8 Å². The van der Waals surface area contributed by atoms with Crippen molar-refractivity contribution in [3.8, 4) is 11.4 Å². The van der Waals surface area contributed by atoms with Gasteiger partial charge in [0.2, 0.25) is 11.7 Å². The predicted molar refractivity (Wildman–Crippen MR) is 64.6 cm³/mol. The molecule has 0 saturated carbocycles. The summed E-state index contributed by atoms with van der Waals surface area (Å²) in [6.45, 7) is 4.08. The average Bonchev–Trinajstić information content (AvgIpc) is 2.99. The van der Waals surface area contributed by atoms with Crippen LogP contribution in [0, 0.1) is 0 Å². The van der Waals surface area contributed by atoms with Gasteiger partial charge in [-0.1, -0.05) is 35.5 Å². The van der Waals surface area contributed by atoms with Crippen LogP contribution in [-0.2, 0) is 5.41 Å². The van der Waals surface area contributed by atoms with Gasteiger partial charge in [-0.15, -0.1) is 0 Å². The van der Waals surface area contributed by atoms with Crippen LogP contribution in [0.15, 0.2) is 34.9 Å². The van der Waals surface area contributed by atoms with Crippen molar-refractivity contribution in [2.75, 3.05) is 13.1 Å². The molecule has 0 spiro atoms. The number of hydrogen-bond acceptors (Lipinski definition) is 4. The lowest BCUT2D eigenvalue weighted by Gasteiger charge is -2.15. The second-order valence-electron chi connectivity index (χ2n) is 4.78. The topological polar surface area (TPSA) is 51.0 Å².